The van der Waals surface area contributed by atoms with Gasteiger partial charge in [-0.1, -0.05) is 6.07 Å². The number of carbonyl (C=O) groups is 1. The highest BCUT2D eigenvalue weighted by Crippen LogP contribution is 2.29. The van der Waals surface area contributed by atoms with E-state index in [1.54, 1.807) is 7.11 Å². The van der Waals surface area contributed by atoms with Crippen LogP contribution in [0, 0.1) is 5.92 Å². The Labute approximate surface area is 174 Å². The predicted octanol–water partition coefficient (Wildman–Crippen LogP) is 3.38. The zero-order valence-corrected chi connectivity index (χ0v) is 18.0. The Balaban J connectivity index is 1.35. The fourth-order valence-corrected chi connectivity index (χ4v) is 4.24. The Morgan fingerprint density at radius 2 is 2.07 bits per heavy atom. The summed E-state index contributed by atoms with van der Waals surface area (Å²) in [6.07, 6.45) is 6.35. The molecular formula is C23H36N2O4. The maximum Gasteiger partial charge on any atom is 0.220 e. The number of likely N-dealkylation sites (tertiary alicyclic amines) is 1. The quantitative estimate of drug-likeness (QED) is 0.648. The Morgan fingerprint density at radius 1 is 1.24 bits per heavy atom. The highest BCUT2D eigenvalue weighted by atomic mass is 16.5. The maximum atomic E-state index is 12.1. The van der Waals surface area contributed by atoms with E-state index in [0.29, 0.717) is 25.5 Å². The normalized spacial score (nSPS) is 20.6. The Hall–Kier alpha value is -1.79. The van der Waals surface area contributed by atoms with E-state index in [1.165, 1.54) is 5.56 Å². The van der Waals surface area contributed by atoms with E-state index in [0.717, 1.165) is 69.8 Å². The summed E-state index contributed by atoms with van der Waals surface area (Å²) < 4.78 is 16.6. The summed E-state index contributed by atoms with van der Waals surface area (Å²) >= 11 is 0. The molecule has 1 unspecified atom stereocenters. The monoisotopic (exact) mass is 404 g/mol. The molecule has 2 heterocycles. The van der Waals surface area contributed by atoms with Gasteiger partial charge in [-0.05, 0) is 75.7 Å². The third-order valence-corrected chi connectivity index (χ3v) is 5.97. The number of ether oxygens (including phenoxy) is 3. The van der Waals surface area contributed by atoms with Crippen molar-refractivity contribution in [1.82, 2.24) is 10.2 Å². The van der Waals surface area contributed by atoms with E-state index in [4.69, 9.17) is 14.2 Å². The number of rotatable bonds is 10. The minimum atomic E-state index is 0.171. The van der Waals surface area contributed by atoms with Gasteiger partial charge in [0.25, 0.3) is 0 Å². The molecule has 2 aliphatic heterocycles. The van der Waals surface area contributed by atoms with Gasteiger partial charge in [0.05, 0.1) is 19.8 Å². The molecule has 3 rings (SSSR count). The van der Waals surface area contributed by atoms with Crippen LogP contribution >= 0.6 is 0 Å². The van der Waals surface area contributed by atoms with Gasteiger partial charge in [0.2, 0.25) is 5.91 Å². The number of carbonyl (C=O) groups excluding carboxylic acids is 1. The van der Waals surface area contributed by atoms with E-state index in [9.17, 15) is 4.79 Å². The number of nitrogens with one attached hydrogen (secondary N) is 1. The topological polar surface area (TPSA) is 60.0 Å². The summed E-state index contributed by atoms with van der Waals surface area (Å²) in [5, 5.41) is 3.03. The molecule has 6 nitrogen and oxygen atoms in total. The van der Waals surface area contributed by atoms with E-state index in [1.807, 2.05) is 13.0 Å². The van der Waals surface area contributed by atoms with Crippen LogP contribution in [-0.2, 0) is 16.1 Å². The molecule has 162 valence electrons. The molecule has 1 amide bonds. The molecule has 1 aromatic carbocycles. The van der Waals surface area contributed by atoms with Crippen LogP contribution in [0.15, 0.2) is 18.2 Å². The molecule has 0 saturated carbocycles. The van der Waals surface area contributed by atoms with E-state index in [-0.39, 0.29) is 12.0 Å². The molecule has 29 heavy (non-hydrogen) atoms. The van der Waals surface area contributed by atoms with Crippen LogP contribution in [-0.4, -0.2) is 56.9 Å². The van der Waals surface area contributed by atoms with Crippen molar-refractivity contribution in [2.45, 2.75) is 58.1 Å². The lowest BCUT2D eigenvalue weighted by molar-refractivity contribution is -0.122. The SMILES string of the molecule is CCOc1cc(CN2CCC(CCC(=O)NCC3CCCO3)CC2)ccc1OC. The Kier molecular flexibility index (Phi) is 8.62. The summed E-state index contributed by atoms with van der Waals surface area (Å²) in [5.41, 5.74) is 1.25. The highest BCUT2D eigenvalue weighted by Gasteiger charge is 2.21. The molecule has 1 N–H and O–H groups in total. The molecule has 2 aliphatic rings. The van der Waals surface area contributed by atoms with Crippen LogP contribution in [0.2, 0.25) is 0 Å². The van der Waals surface area contributed by atoms with Gasteiger partial charge < -0.3 is 19.5 Å². The molecule has 0 radical (unpaired) electrons. The number of hydrogen-bond donors (Lipinski definition) is 1. The molecule has 0 bridgehead atoms. The minimum Gasteiger partial charge on any atom is -0.493 e. The third kappa shape index (κ3) is 6.89. The van der Waals surface area contributed by atoms with Crippen LogP contribution in [0.5, 0.6) is 11.5 Å². The summed E-state index contributed by atoms with van der Waals surface area (Å²) in [4.78, 5) is 14.6. The van der Waals surface area contributed by atoms with Crippen molar-refractivity contribution in [2.24, 2.45) is 5.92 Å². The van der Waals surface area contributed by atoms with Crippen LogP contribution in [0.3, 0.4) is 0 Å². The molecule has 0 aliphatic carbocycles. The van der Waals surface area contributed by atoms with Crippen molar-refractivity contribution in [3.05, 3.63) is 23.8 Å². The first-order valence-electron chi connectivity index (χ1n) is 11.1. The van der Waals surface area contributed by atoms with Crippen molar-refractivity contribution < 1.29 is 19.0 Å². The minimum absolute atomic E-state index is 0.171. The number of benzene rings is 1. The van der Waals surface area contributed by atoms with Gasteiger partial charge in [-0.3, -0.25) is 9.69 Å². The maximum absolute atomic E-state index is 12.1. The van der Waals surface area contributed by atoms with Crippen molar-refractivity contribution in [2.75, 3.05) is 40.0 Å². The van der Waals surface area contributed by atoms with Crippen LogP contribution in [0.25, 0.3) is 0 Å². The third-order valence-electron chi connectivity index (χ3n) is 5.97. The van der Waals surface area contributed by atoms with Crippen molar-refractivity contribution in [3.8, 4) is 11.5 Å². The second kappa shape index (κ2) is 11.4. The van der Waals surface area contributed by atoms with E-state index >= 15 is 0 Å². The largest absolute Gasteiger partial charge is 0.493 e. The van der Waals surface area contributed by atoms with E-state index < -0.39 is 0 Å². The Morgan fingerprint density at radius 3 is 2.76 bits per heavy atom. The molecule has 0 aromatic heterocycles. The molecule has 0 spiro atoms. The molecular weight excluding hydrogens is 368 g/mol. The average molecular weight is 405 g/mol. The van der Waals surface area contributed by atoms with Gasteiger partial charge in [0.1, 0.15) is 0 Å². The van der Waals surface area contributed by atoms with Crippen LogP contribution in [0.4, 0.5) is 0 Å². The number of nitrogens with zero attached hydrogens (tertiary/aromatic N) is 1. The van der Waals surface area contributed by atoms with Crippen LogP contribution in [0.1, 0.15) is 51.0 Å². The lowest BCUT2D eigenvalue weighted by Gasteiger charge is -2.32. The van der Waals surface area contributed by atoms with Gasteiger partial charge in [0.15, 0.2) is 11.5 Å². The van der Waals surface area contributed by atoms with Gasteiger partial charge >= 0.3 is 0 Å². The predicted molar refractivity (Wildman–Crippen MR) is 113 cm³/mol. The second-order valence-electron chi connectivity index (χ2n) is 8.12. The number of hydrogen-bond acceptors (Lipinski definition) is 5. The summed E-state index contributed by atoms with van der Waals surface area (Å²) in [7, 11) is 1.67. The molecule has 6 heteroatoms. The highest BCUT2D eigenvalue weighted by molar-refractivity contribution is 5.75. The zero-order valence-electron chi connectivity index (χ0n) is 18.0. The summed E-state index contributed by atoms with van der Waals surface area (Å²) in [5.74, 6) is 2.42. The molecule has 1 atom stereocenters. The fourth-order valence-electron chi connectivity index (χ4n) is 4.24. The van der Waals surface area contributed by atoms with Crippen molar-refractivity contribution in [1.29, 1.82) is 0 Å². The van der Waals surface area contributed by atoms with E-state index in [2.05, 4.69) is 22.3 Å². The van der Waals surface area contributed by atoms with Gasteiger partial charge in [-0.2, -0.15) is 0 Å². The van der Waals surface area contributed by atoms with Gasteiger partial charge in [0, 0.05) is 26.1 Å². The lowest BCUT2D eigenvalue weighted by atomic mass is 9.92. The summed E-state index contributed by atoms with van der Waals surface area (Å²) in [6.45, 7) is 7.21. The molecule has 1 aromatic rings. The fraction of sp³-hybridized carbons (Fsp3) is 0.696. The van der Waals surface area contributed by atoms with Gasteiger partial charge in [-0.25, -0.2) is 0 Å². The first-order valence-corrected chi connectivity index (χ1v) is 11.1. The smallest absolute Gasteiger partial charge is 0.220 e. The first kappa shape index (κ1) is 21.9. The Bertz CT molecular complexity index is 638. The zero-order chi connectivity index (χ0) is 20.5. The van der Waals surface area contributed by atoms with Crippen molar-refractivity contribution >= 4 is 5.91 Å². The number of methoxy groups -OCH3 is 1. The lowest BCUT2D eigenvalue weighted by Crippen LogP contribution is -2.34. The first-order chi connectivity index (χ1) is 14.2. The average Bonchev–Trinajstić information content (AvgIpc) is 3.26. The standard InChI is InChI=1S/C23H36N2O4/c1-3-28-22-15-19(6-8-21(22)27-2)17-25-12-10-18(11-13-25)7-9-23(26)24-16-20-5-4-14-29-20/h6,8,15,18,20H,3-5,7,9-14,16-17H2,1-2H3,(H,24,26). The number of amides is 1. The molecule has 2 fully saturated rings. The number of piperidine rings is 1. The van der Waals surface area contributed by atoms with Crippen LogP contribution < -0.4 is 14.8 Å². The summed E-state index contributed by atoms with van der Waals surface area (Å²) in [6, 6.07) is 6.20. The molecule has 2 saturated heterocycles. The van der Waals surface area contributed by atoms with Gasteiger partial charge in [-0.15, -0.1) is 0 Å². The second-order valence-corrected chi connectivity index (χ2v) is 8.12. The van der Waals surface area contributed by atoms with Crippen molar-refractivity contribution in [3.63, 3.8) is 0 Å².